The second kappa shape index (κ2) is 3.83. The Balaban J connectivity index is 2.02. The van der Waals surface area contributed by atoms with Crippen molar-refractivity contribution in [3.05, 3.63) is 35.4 Å². The summed E-state index contributed by atoms with van der Waals surface area (Å²) in [7, 11) is 0. The normalized spacial score (nSPS) is 17.1. The third-order valence-electron chi connectivity index (χ3n) is 2.71. The average Bonchev–Trinajstić information content (AvgIpc) is 2.94. The van der Waals surface area contributed by atoms with Crippen molar-refractivity contribution in [3.63, 3.8) is 0 Å². The standard InChI is InChI=1S/C11H11F2NO2/c12-8-3-7(4-9(13)5-8)6-14-11(1-2-11)10(15)16/h3-5,14H,1-2,6H2,(H,15,16). The third kappa shape index (κ3) is 2.19. The molecule has 1 saturated carbocycles. The van der Waals surface area contributed by atoms with E-state index < -0.39 is 23.1 Å². The van der Waals surface area contributed by atoms with Crippen LogP contribution in [0.3, 0.4) is 0 Å². The molecule has 0 spiro atoms. The van der Waals surface area contributed by atoms with Crippen LogP contribution in [0.15, 0.2) is 18.2 Å². The molecule has 2 N–H and O–H groups in total. The van der Waals surface area contributed by atoms with E-state index in [2.05, 4.69) is 5.32 Å². The van der Waals surface area contributed by atoms with E-state index in [1.165, 1.54) is 12.1 Å². The van der Waals surface area contributed by atoms with E-state index in [0.29, 0.717) is 18.4 Å². The number of rotatable bonds is 4. The minimum atomic E-state index is -0.913. The van der Waals surface area contributed by atoms with Gasteiger partial charge in [-0.2, -0.15) is 0 Å². The van der Waals surface area contributed by atoms with Gasteiger partial charge in [0.15, 0.2) is 0 Å². The van der Waals surface area contributed by atoms with Gasteiger partial charge in [0.1, 0.15) is 17.2 Å². The molecule has 0 amide bonds. The molecule has 1 aromatic carbocycles. The van der Waals surface area contributed by atoms with Crippen molar-refractivity contribution >= 4 is 5.97 Å². The number of aliphatic carboxylic acids is 1. The van der Waals surface area contributed by atoms with Crippen molar-refractivity contribution in [3.8, 4) is 0 Å². The number of carboxylic acid groups (broad SMARTS) is 1. The quantitative estimate of drug-likeness (QED) is 0.822. The van der Waals surface area contributed by atoms with E-state index in [1.807, 2.05) is 0 Å². The molecular formula is C11H11F2NO2. The molecule has 5 heteroatoms. The summed E-state index contributed by atoms with van der Waals surface area (Å²) in [6, 6.07) is 3.16. The SMILES string of the molecule is O=C(O)C1(NCc2cc(F)cc(F)c2)CC1. The van der Waals surface area contributed by atoms with Crippen LogP contribution in [-0.2, 0) is 11.3 Å². The number of benzene rings is 1. The maximum atomic E-state index is 12.8. The zero-order valence-corrected chi connectivity index (χ0v) is 8.46. The molecule has 0 saturated heterocycles. The van der Waals surface area contributed by atoms with Crippen molar-refractivity contribution < 1.29 is 18.7 Å². The number of carboxylic acids is 1. The van der Waals surface area contributed by atoms with Gasteiger partial charge in [-0.25, -0.2) is 8.78 Å². The zero-order chi connectivity index (χ0) is 11.8. The van der Waals surface area contributed by atoms with Gasteiger partial charge >= 0.3 is 5.97 Å². The van der Waals surface area contributed by atoms with Crippen LogP contribution in [0.1, 0.15) is 18.4 Å². The van der Waals surface area contributed by atoms with Crippen molar-refractivity contribution in [2.24, 2.45) is 0 Å². The highest BCUT2D eigenvalue weighted by Crippen LogP contribution is 2.35. The Morgan fingerprint density at radius 2 is 1.88 bits per heavy atom. The van der Waals surface area contributed by atoms with Crippen LogP contribution < -0.4 is 5.32 Å². The molecule has 0 bridgehead atoms. The molecule has 16 heavy (non-hydrogen) atoms. The van der Waals surface area contributed by atoms with Crippen LogP contribution in [0.25, 0.3) is 0 Å². The monoisotopic (exact) mass is 227 g/mol. The first-order valence-corrected chi connectivity index (χ1v) is 4.95. The van der Waals surface area contributed by atoms with Crippen LogP contribution in [0.2, 0.25) is 0 Å². The molecule has 0 heterocycles. The Morgan fingerprint density at radius 1 is 1.31 bits per heavy atom. The minimum Gasteiger partial charge on any atom is -0.480 e. The Kier molecular flexibility index (Phi) is 2.63. The first-order valence-electron chi connectivity index (χ1n) is 4.95. The molecule has 0 atom stereocenters. The highest BCUT2D eigenvalue weighted by molar-refractivity contribution is 5.82. The van der Waals surface area contributed by atoms with E-state index in [4.69, 9.17) is 5.11 Å². The Hall–Kier alpha value is -1.49. The molecular weight excluding hydrogens is 216 g/mol. The first kappa shape index (κ1) is 11.0. The van der Waals surface area contributed by atoms with Gasteiger partial charge in [-0.15, -0.1) is 0 Å². The number of hydrogen-bond donors (Lipinski definition) is 2. The van der Waals surface area contributed by atoms with E-state index >= 15 is 0 Å². The van der Waals surface area contributed by atoms with Crippen molar-refractivity contribution in [2.75, 3.05) is 0 Å². The molecule has 0 radical (unpaired) electrons. The molecule has 1 fully saturated rings. The van der Waals surface area contributed by atoms with Gasteiger partial charge in [0, 0.05) is 12.6 Å². The molecule has 1 aromatic rings. The molecule has 0 aromatic heterocycles. The largest absolute Gasteiger partial charge is 0.480 e. The highest BCUT2D eigenvalue weighted by Gasteiger charge is 2.49. The maximum absolute atomic E-state index is 12.8. The van der Waals surface area contributed by atoms with Crippen molar-refractivity contribution in [1.82, 2.24) is 5.32 Å². The van der Waals surface area contributed by atoms with Crippen LogP contribution >= 0.6 is 0 Å². The van der Waals surface area contributed by atoms with Crippen molar-refractivity contribution in [2.45, 2.75) is 24.9 Å². The molecule has 0 unspecified atom stereocenters. The number of halogens is 2. The molecule has 1 aliphatic carbocycles. The summed E-state index contributed by atoms with van der Waals surface area (Å²) >= 11 is 0. The fraction of sp³-hybridized carbons (Fsp3) is 0.364. The fourth-order valence-electron chi connectivity index (χ4n) is 1.58. The maximum Gasteiger partial charge on any atom is 0.323 e. The first-order chi connectivity index (χ1) is 7.52. The predicted octanol–water partition coefficient (Wildman–Crippen LogP) is 1.67. The minimum absolute atomic E-state index is 0.154. The van der Waals surface area contributed by atoms with Crippen LogP contribution in [0.4, 0.5) is 8.78 Å². The third-order valence-corrected chi connectivity index (χ3v) is 2.71. The Bertz CT molecular complexity index is 410. The van der Waals surface area contributed by atoms with Gasteiger partial charge in [-0.3, -0.25) is 10.1 Å². The average molecular weight is 227 g/mol. The summed E-state index contributed by atoms with van der Waals surface area (Å²) in [4.78, 5) is 10.8. The number of carbonyl (C=O) groups is 1. The summed E-state index contributed by atoms with van der Waals surface area (Å²) in [5.74, 6) is -2.22. The van der Waals surface area contributed by atoms with Gasteiger partial charge in [-0.05, 0) is 30.5 Å². The van der Waals surface area contributed by atoms with Gasteiger partial charge < -0.3 is 5.11 Å². The van der Waals surface area contributed by atoms with Crippen LogP contribution in [0, 0.1) is 11.6 Å². The molecule has 1 aliphatic rings. The van der Waals surface area contributed by atoms with Crippen LogP contribution in [-0.4, -0.2) is 16.6 Å². The van der Waals surface area contributed by atoms with Gasteiger partial charge in [-0.1, -0.05) is 0 Å². The lowest BCUT2D eigenvalue weighted by Crippen LogP contribution is -2.38. The summed E-state index contributed by atoms with van der Waals surface area (Å²) in [5.41, 5.74) is -0.479. The van der Waals surface area contributed by atoms with E-state index in [9.17, 15) is 13.6 Å². The fourth-order valence-corrected chi connectivity index (χ4v) is 1.58. The summed E-state index contributed by atoms with van der Waals surface area (Å²) < 4.78 is 25.7. The zero-order valence-electron chi connectivity index (χ0n) is 8.46. The summed E-state index contributed by atoms with van der Waals surface area (Å²) in [6.45, 7) is 0.154. The molecule has 0 aliphatic heterocycles. The van der Waals surface area contributed by atoms with Gasteiger partial charge in [0.25, 0.3) is 0 Å². The van der Waals surface area contributed by atoms with E-state index in [-0.39, 0.29) is 6.54 Å². The topological polar surface area (TPSA) is 49.3 Å². The highest BCUT2D eigenvalue weighted by atomic mass is 19.1. The second-order valence-electron chi connectivity index (χ2n) is 4.02. The lowest BCUT2D eigenvalue weighted by Gasteiger charge is -2.12. The van der Waals surface area contributed by atoms with Gasteiger partial charge in [0.2, 0.25) is 0 Å². The molecule has 86 valence electrons. The molecule has 3 nitrogen and oxygen atoms in total. The number of nitrogens with one attached hydrogen (secondary N) is 1. The predicted molar refractivity (Wildman–Crippen MR) is 52.8 cm³/mol. The Morgan fingerprint density at radius 3 is 2.31 bits per heavy atom. The lowest BCUT2D eigenvalue weighted by atomic mass is 10.2. The summed E-state index contributed by atoms with van der Waals surface area (Å²) in [6.07, 6.45) is 1.11. The van der Waals surface area contributed by atoms with E-state index in [0.717, 1.165) is 6.07 Å². The molecule has 2 rings (SSSR count). The van der Waals surface area contributed by atoms with Gasteiger partial charge in [0.05, 0.1) is 0 Å². The Labute approximate surface area is 91.1 Å². The van der Waals surface area contributed by atoms with E-state index in [1.54, 1.807) is 0 Å². The van der Waals surface area contributed by atoms with Crippen molar-refractivity contribution in [1.29, 1.82) is 0 Å². The number of hydrogen-bond acceptors (Lipinski definition) is 2. The lowest BCUT2D eigenvalue weighted by molar-refractivity contribution is -0.140. The van der Waals surface area contributed by atoms with Crippen LogP contribution in [0.5, 0.6) is 0 Å². The summed E-state index contributed by atoms with van der Waals surface area (Å²) in [5, 5.41) is 11.7. The smallest absolute Gasteiger partial charge is 0.323 e. The second-order valence-corrected chi connectivity index (χ2v) is 4.02.